The summed E-state index contributed by atoms with van der Waals surface area (Å²) in [5, 5.41) is 2.87. The quantitative estimate of drug-likeness (QED) is 0.763. The molecule has 2 atom stereocenters. The summed E-state index contributed by atoms with van der Waals surface area (Å²) in [6.07, 6.45) is 2.11. The van der Waals surface area contributed by atoms with Crippen LogP contribution in [-0.2, 0) is 9.53 Å². The summed E-state index contributed by atoms with van der Waals surface area (Å²) in [6.45, 7) is 7.66. The molecule has 0 radical (unpaired) electrons. The number of ether oxygens (including phenoxy) is 2. The largest absolute Gasteiger partial charge is 0.489 e. The number of amides is 1. The number of pyridine rings is 1. The Morgan fingerprint density at radius 2 is 1.97 bits per heavy atom. The van der Waals surface area contributed by atoms with Crippen molar-refractivity contribution in [3.63, 3.8) is 0 Å². The third-order valence-electron chi connectivity index (χ3n) is 5.74. The van der Waals surface area contributed by atoms with Crippen LogP contribution in [0.5, 0.6) is 5.75 Å². The van der Waals surface area contributed by atoms with Crippen molar-refractivity contribution in [2.45, 2.75) is 32.4 Å². The normalized spacial score (nSPS) is 19.9. The maximum absolute atomic E-state index is 14.5. The fraction of sp³-hybridized carbons (Fsp3) is 0.478. The molecule has 2 fully saturated rings. The molecule has 3 heterocycles. The number of nitrogens with zero attached hydrogens (tertiary/aromatic N) is 3. The molecule has 166 valence electrons. The zero-order valence-corrected chi connectivity index (χ0v) is 18.0. The van der Waals surface area contributed by atoms with Crippen LogP contribution in [-0.4, -0.2) is 56.4 Å². The monoisotopic (exact) mass is 428 g/mol. The van der Waals surface area contributed by atoms with Crippen LogP contribution in [0.1, 0.15) is 31.9 Å². The zero-order valence-electron chi connectivity index (χ0n) is 18.0. The molecule has 1 N–H and O–H groups in total. The molecule has 2 saturated heterocycles. The Balaban J connectivity index is 1.38. The van der Waals surface area contributed by atoms with Gasteiger partial charge in [-0.1, -0.05) is 12.1 Å². The molecule has 0 spiro atoms. The number of halogens is 1. The first-order valence-corrected chi connectivity index (χ1v) is 10.8. The summed E-state index contributed by atoms with van der Waals surface area (Å²) in [4.78, 5) is 19.7. The molecule has 2 aliphatic heterocycles. The van der Waals surface area contributed by atoms with Crippen molar-refractivity contribution in [2.75, 3.05) is 49.2 Å². The van der Waals surface area contributed by atoms with E-state index in [4.69, 9.17) is 9.47 Å². The molecular formula is C23H29FN4O3. The first kappa shape index (κ1) is 21.4. The number of morpholine rings is 1. The Bertz CT molecular complexity index is 902. The van der Waals surface area contributed by atoms with Gasteiger partial charge in [-0.2, -0.15) is 0 Å². The summed E-state index contributed by atoms with van der Waals surface area (Å²) in [5.74, 6) is 1.19. The first-order chi connectivity index (χ1) is 15.0. The Labute approximate surface area is 182 Å². The van der Waals surface area contributed by atoms with Gasteiger partial charge in [-0.3, -0.25) is 4.79 Å². The lowest BCUT2D eigenvalue weighted by Crippen LogP contribution is -2.37. The lowest BCUT2D eigenvalue weighted by atomic mass is 10.1. The summed E-state index contributed by atoms with van der Waals surface area (Å²) in [5.41, 5.74) is 1.59. The topological polar surface area (TPSA) is 66.9 Å². The molecule has 2 aliphatic rings. The Hall–Kier alpha value is -2.87. The molecule has 8 heteroatoms. The van der Waals surface area contributed by atoms with Crippen LogP contribution in [0.15, 0.2) is 36.5 Å². The van der Waals surface area contributed by atoms with E-state index < -0.39 is 0 Å². The lowest BCUT2D eigenvalue weighted by Gasteiger charge is -2.29. The van der Waals surface area contributed by atoms with E-state index in [1.54, 1.807) is 0 Å². The van der Waals surface area contributed by atoms with E-state index in [1.165, 1.54) is 13.1 Å². The van der Waals surface area contributed by atoms with Gasteiger partial charge in [0.15, 0.2) is 5.82 Å². The molecule has 2 aromatic rings. The van der Waals surface area contributed by atoms with Crippen molar-refractivity contribution in [1.82, 2.24) is 10.3 Å². The molecule has 7 nitrogen and oxygen atoms in total. The molecule has 0 bridgehead atoms. The molecule has 1 aromatic carbocycles. The van der Waals surface area contributed by atoms with Gasteiger partial charge in [0.2, 0.25) is 5.91 Å². The van der Waals surface area contributed by atoms with Crippen LogP contribution in [0.25, 0.3) is 0 Å². The van der Waals surface area contributed by atoms with Gasteiger partial charge in [-0.05, 0) is 24.6 Å². The van der Waals surface area contributed by atoms with Gasteiger partial charge in [-0.25, -0.2) is 9.37 Å². The van der Waals surface area contributed by atoms with E-state index in [-0.39, 0.29) is 23.9 Å². The number of carbonyl (C=O) groups excluding carboxylic acids is 1. The number of benzene rings is 1. The Kier molecular flexibility index (Phi) is 6.56. The molecule has 0 saturated carbocycles. The fourth-order valence-electron chi connectivity index (χ4n) is 4.08. The van der Waals surface area contributed by atoms with Gasteiger partial charge in [-0.15, -0.1) is 0 Å². The summed E-state index contributed by atoms with van der Waals surface area (Å²) in [7, 11) is 0. The minimum absolute atomic E-state index is 0.0157. The Morgan fingerprint density at radius 3 is 2.68 bits per heavy atom. The summed E-state index contributed by atoms with van der Waals surface area (Å²) < 4.78 is 26.1. The van der Waals surface area contributed by atoms with Crippen molar-refractivity contribution in [1.29, 1.82) is 0 Å². The predicted octanol–water partition coefficient (Wildman–Crippen LogP) is 2.91. The van der Waals surface area contributed by atoms with E-state index >= 15 is 0 Å². The fourth-order valence-corrected chi connectivity index (χ4v) is 4.08. The summed E-state index contributed by atoms with van der Waals surface area (Å²) >= 11 is 0. The van der Waals surface area contributed by atoms with E-state index in [2.05, 4.69) is 15.2 Å². The van der Waals surface area contributed by atoms with Gasteiger partial charge < -0.3 is 24.6 Å². The number of hydrogen-bond donors (Lipinski definition) is 1. The van der Waals surface area contributed by atoms with Gasteiger partial charge in [0, 0.05) is 39.0 Å². The van der Waals surface area contributed by atoms with E-state index in [0.29, 0.717) is 25.4 Å². The SMILES string of the molecule is CC(=O)N[C@@H](C)c1ccc(O[C@@H]2CCN(c3cc(N4CCOCC4)ncc3F)C2)cc1. The average Bonchev–Trinajstić information content (AvgIpc) is 3.23. The number of anilines is 2. The van der Waals surface area contributed by atoms with Crippen molar-refractivity contribution in [3.05, 3.63) is 47.9 Å². The van der Waals surface area contributed by atoms with Gasteiger partial charge in [0.1, 0.15) is 17.7 Å². The third kappa shape index (κ3) is 5.25. The van der Waals surface area contributed by atoms with E-state index in [0.717, 1.165) is 43.2 Å². The minimum atomic E-state index is -0.311. The molecule has 0 aliphatic carbocycles. The van der Waals surface area contributed by atoms with Crippen molar-refractivity contribution in [2.24, 2.45) is 0 Å². The minimum Gasteiger partial charge on any atom is -0.489 e. The van der Waals surface area contributed by atoms with Gasteiger partial charge in [0.25, 0.3) is 0 Å². The highest BCUT2D eigenvalue weighted by Gasteiger charge is 2.27. The smallest absolute Gasteiger partial charge is 0.217 e. The maximum Gasteiger partial charge on any atom is 0.217 e. The van der Waals surface area contributed by atoms with Crippen LogP contribution in [0.4, 0.5) is 15.9 Å². The number of carbonyl (C=O) groups is 1. The number of nitrogens with one attached hydrogen (secondary N) is 1. The van der Waals surface area contributed by atoms with Crippen molar-refractivity contribution < 1.29 is 18.7 Å². The second-order valence-corrected chi connectivity index (χ2v) is 8.06. The molecule has 31 heavy (non-hydrogen) atoms. The molecule has 4 rings (SSSR count). The number of rotatable bonds is 6. The highest BCUT2D eigenvalue weighted by atomic mass is 19.1. The molecule has 1 amide bonds. The number of hydrogen-bond acceptors (Lipinski definition) is 6. The standard InChI is InChI=1S/C23H29FN4O3/c1-16(26-17(2)29)18-3-5-19(6-4-18)31-20-7-8-28(15-20)22-13-23(25-14-21(22)24)27-9-11-30-12-10-27/h3-6,13-14,16,20H,7-12,15H2,1-2H3,(H,26,29)/t16-,20+/m0/s1. The van der Waals surface area contributed by atoms with Gasteiger partial charge >= 0.3 is 0 Å². The maximum atomic E-state index is 14.5. The second-order valence-electron chi connectivity index (χ2n) is 8.06. The predicted molar refractivity (Wildman–Crippen MR) is 117 cm³/mol. The van der Waals surface area contributed by atoms with Gasteiger partial charge in [0.05, 0.1) is 37.7 Å². The summed E-state index contributed by atoms with van der Waals surface area (Å²) in [6, 6.07) is 9.53. The van der Waals surface area contributed by atoms with Crippen LogP contribution in [0, 0.1) is 5.82 Å². The lowest BCUT2D eigenvalue weighted by molar-refractivity contribution is -0.119. The average molecular weight is 429 g/mol. The zero-order chi connectivity index (χ0) is 21.8. The van der Waals surface area contributed by atoms with Crippen LogP contribution < -0.4 is 19.9 Å². The molecular weight excluding hydrogens is 399 g/mol. The van der Waals surface area contributed by atoms with Crippen LogP contribution >= 0.6 is 0 Å². The third-order valence-corrected chi connectivity index (χ3v) is 5.74. The second kappa shape index (κ2) is 9.51. The van der Waals surface area contributed by atoms with E-state index in [9.17, 15) is 9.18 Å². The first-order valence-electron chi connectivity index (χ1n) is 10.8. The highest BCUT2D eigenvalue weighted by Crippen LogP contribution is 2.29. The molecule has 0 unspecified atom stereocenters. The van der Waals surface area contributed by atoms with Crippen molar-refractivity contribution in [3.8, 4) is 5.75 Å². The highest BCUT2D eigenvalue weighted by molar-refractivity contribution is 5.73. The van der Waals surface area contributed by atoms with Crippen LogP contribution in [0.3, 0.4) is 0 Å². The molecule has 1 aromatic heterocycles. The van der Waals surface area contributed by atoms with E-state index in [1.807, 2.05) is 42.2 Å². The number of aromatic nitrogens is 1. The van der Waals surface area contributed by atoms with Crippen LogP contribution in [0.2, 0.25) is 0 Å². The Morgan fingerprint density at radius 1 is 1.23 bits per heavy atom. The van der Waals surface area contributed by atoms with Crippen molar-refractivity contribution >= 4 is 17.4 Å².